The van der Waals surface area contributed by atoms with Crippen molar-refractivity contribution in [3.05, 3.63) is 0 Å². The van der Waals surface area contributed by atoms with Crippen LogP contribution in [0, 0.1) is 0 Å². The monoisotopic (exact) mass is 170 g/mol. The molecule has 0 atom stereocenters. The van der Waals surface area contributed by atoms with E-state index in [1.165, 1.54) is 0 Å². The summed E-state index contributed by atoms with van der Waals surface area (Å²) < 4.78 is 3.88. The normalized spacial score (nSPS) is 7.40. The topological polar surface area (TPSA) is 60.4 Å². The first kappa shape index (κ1) is 13.1. The first-order chi connectivity index (χ1) is 4.04. The standard InChI is InChI=1S/C5H6O4.K.H/c1-3(6)5(8)9-4(2)7;;/h1-2H3;;/q;+1;-1. The van der Waals surface area contributed by atoms with Gasteiger partial charge >= 0.3 is 63.3 Å². The molecule has 0 radical (unpaired) electrons. The number of ketones is 1. The molecule has 0 rings (SSSR count). The van der Waals surface area contributed by atoms with Crippen LogP contribution in [-0.4, -0.2) is 17.7 Å². The van der Waals surface area contributed by atoms with E-state index < -0.39 is 17.7 Å². The molecule has 0 saturated carbocycles. The van der Waals surface area contributed by atoms with E-state index in [-0.39, 0.29) is 52.8 Å². The maximum Gasteiger partial charge on any atom is 1.00 e. The average Bonchev–Trinajstić information content (AvgIpc) is 1.63. The molecule has 10 heavy (non-hydrogen) atoms. The number of rotatable bonds is 1. The van der Waals surface area contributed by atoms with Gasteiger partial charge in [0.15, 0.2) is 0 Å². The molecule has 52 valence electrons. The Morgan fingerprint density at radius 1 is 1.20 bits per heavy atom. The molecule has 0 saturated heterocycles. The van der Waals surface area contributed by atoms with E-state index in [4.69, 9.17) is 0 Å². The summed E-state index contributed by atoms with van der Waals surface area (Å²) in [6.07, 6.45) is 0. The Labute approximate surface area is 102 Å². The molecule has 0 aromatic heterocycles. The molecule has 0 aromatic carbocycles. The number of ether oxygens (including phenoxy) is 1. The molecule has 0 aliphatic carbocycles. The van der Waals surface area contributed by atoms with Crippen LogP contribution in [0.2, 0.25) is 0 Å². The van der Waals surface area contributed by atoms with Gasteiger partial charge in [0.25, 0.3) is 0 Å². The third-order valence-corrected chi connectivity index (χ3v) is 0.524. The Kier molecular flexibility index (Phi) is 8.07. The smallest absolute Gasteiger partial charge is 1.00 e. The van der Waals surface area contributed by atoms with Crippen LogP contribution >= 0.6 is 0 Å². The Morgan fingerprint density at radius 3 is 1.70 bits per heavy atom. The molecule has 0 spiro atoms. The fourth-order valence-electron chi connectivity index (χ4n) is 0.202. The van der Waals surface area contributed by atoms with Gasteiger partial charge in [0.05, 0.1) is 0 Å². The minimum absolute atomic E-state index is 0. The predicted molar refractivity (Wildman–Crippen MR) is 28.6 cm³/mol. The summed E-state index contributed by atoms with van der Waals surface area (Å²) in [5, 5.41) is 0. The van der Waals surface area contributed by atoms with Gasteiger partial charge in [-0.3, -0.25) is 9.59 Å². The molecule has 0 fully saturated rings. The fraction of sp³-hybridized carbons (Fsp3) is 0.400. The molecule has 5 heteroatoms. The number of hydrogen-bond acceptors (Lipinski definition) is 4. The molecule has 0 aliphatic heterocycles. The zero-order chi connectivity index (χ0) is 7.44. The van der Waals surface area contributed by atoms with Gasteiger partial charge in [-0.05, 0) is 0 Å². The van der Waals surface area contributed by atoms with Crippen LogP contribution < -0.4 is 51.4 Å². The molecule has 0 aliphatic rings. The maximum absolute atomic E-state index is 10.2. The van der Waals surface area contributed by atoms with Gasteiger partial charge < -0.3 is 6.16 Å². The van der Waals surface area contributed by atoms with E-state index in [0.29, 0.717) is 0 Å². The van der Waals surface area contributed by atoms with E-state index >= 15 is 0 Å². The molecule has 4 nitrogen and oxygen atoms in total. The number of carbonyl (C=O) groups is 3. The van der Waals surface area contributed by atoms with Gasteiger partial charge in [0.1, 0.15) is 0 Å². The summed E-state index contributed by atoms with van der Waals surface area (Å²) in [5.41, 5.74) is 0. The van der Waals surface area contributed by atoms with Crippen LogP contribution in [0.4, 0.5) is 0 Å². The van der Waals surface area contributed by atoms with Crippen molar-refractivity contribution in [1.82, 2.24) is 0 Å². The third-order valence-electron chi connectivity index (χ3n) is 0.524. The van der Waals surface area contributed by atoms with Crippen molar-refractivity contribution < 1.29 is 71.9 Å². The summed E-state index contributed by atoms with van der Waals surface area (Å²) >= 11 is 0. The third kappa shape index (κ3) is 6.56. The Bertz CT molecular complexity index is 168. The van der Waals surface area contributed by atoms with E-state index in [2.05, 4.69) is 4.74 Å². The van der Waals surface area contributed by atoms with Crippen LogP contribution in [0.3, 0.4) is 0 Å². The molecule has 0 amide bonds. The van der Waals surface area contributed by atoms with Crippen molar-refractivity contribution in [2.75, 3.05) is 0 Å². The predicted octanol–water partition coefficient (Wildman–Crippen LogP) is -3.22. The second-order valence-corrected chi connectivity index (χ2v) is 1.44. The molecule has 0 heterocycles. The molecule has 0 unspecified atom stereocenters. The van der Waals surface area contributed by atoms with Gasteiger partial charge in [-0.1, -0.05) is 0 Å². The van der Waals surface area contributed by atoms with Crippen molar-refractivity contribution in [3.8, 4) is 0 Å². The first-order valence-electron chi connectivity index (χ1n) is 2.27. The Hall–Kier alpha value is 0.446. The Morgan fingerprint density at radius 2 is 1.60 bits per heavy atom. The summed E-state index contributed by atoms with van der Waals surface area (Å²) in [4.78, 5) is 30.2. The largest absolute Gasteiger partial charge is 1.00 e. The zero-order valence-electron chi connectivity index (χ0n) is 7.13. The number of esters is 2. The van der Waals surface area contributed by atoms with Crippen LogP contribution in [0.15, 0.2) is 0 Å². The minimum Gasteiger partial charge on any atom is -1.00 e. The van der Waals surface area contributed by atoms with Crippen molar-refractivity contribution >= 4 is 17.7 Å². The summed E-state index contributed by atoms with van der Waals surface area (Å²) in [6.45, 7) is 2.09. The van der Waals surface area contributed by atoms with Crippen molar-refractivity contribution in [1.29, 1.82) is 0 Å². The van der Waals surface area contributed by atoms with Gasteiger partial charge in [0, 0.05) is 13.8 Å². The molecule has 0 aromatic rings. The molecular weight excluding hydrogens is 163 g/mol. The van der Waals surface area contributed by atoms with E-state index in [1.807, 2.05) is 0 Å². The van der Waals surface area contributed by atoms with Crippen LogP contribution in [0.25, 0.3) is 0 Å². The fourth-order valence-corrected chi connectivity index (χ4v) is 0.202. The second kappa shape index (κ2) is 6.18. The summed E-state index contributed by atoms with van der Waals surface area (Å²) in [6, 6.07) is 0. The Balaban J connectivity index is -0.000000320. The maximum atomic E-state index is 10.2. The summed E-state index contributed by atoms with van der Waals surface area (Å²) in [7, 11) is 0. The average molecular weight is 170 g/mol. The number of hydrogen-bond donors (Lipinski definition) is 0. The van der Waals surface area contributed by atoms with E-state index in [0.717, 1.165) is 13.8 Å². The van der Waals surface area contributed by atoms with Crippen LogP contribution in [-0.2, 0) is 19.1 Å². The van der Waals surface area contributed by atoms with Gasteiger partial charge in [-0.2, -0.15) is 0 Å². The van der Waals surface area contributed by atoms with Crippen molar-refractivity contribution in [2.45, 2.75) is 13.8 Å². The number of Topliss-reactive ketones (excluding diaryl/α,β-unsaturated/α-hetero) is 1. The van der Waals surface area contributed by atoms with Crippen LogP contribution in [0.1, 0.15) is 15.3 Å². The minimum atomic E-state index is -1.11. The van der Waals surface area contributed by atoms with Gasteiger partial charge in [0.2, 0.25) is 5.78 Å². The van der Waals surface area contributed by atoms with Crippen molar-refractivity contribution in [3.63, 3.8) is 0 Å². The molecule has 0 N–H and O–H groups in total. The van der Waals surface area contributed by atoms with E-state index in [9.17, 15) is 14.4 Å². The second-order valence-electron chi connectivity index (χ2n) is 1.44. The first-order valence-corrected chi connectivity index (χ1v) is 2.27. The van der Waals surface area contributed by atoms with Crippen molar-refractivity contribution in [2.24, 2.45) is 0 Å². The molecule has 0 bridgehead atoms. The van der Waals surface area contributed by atoms with E-state index in [1.54, 1.807) is 0 Å². The van der Waals surface area contributed by atoms with Crippen LogP contribution in [0.5, 0.6) is 0 Å². The number of carbonyl (C=O) groups excluding carboxylic acids is 3. The summed E-state index contributed by atoms with van der Waals surface area (Å²) in [5.74, 6) is -2.65. The van der Waals surface area contributed by atoms with Gasteiger partial charge in [-0.15, -0.1) is 0 Å². The van der Waals surface area contributed by atoms with Gasteiger partial charge in [-0.25, -0.2) is 4.79 Å². The molecular formula is C5H7KO4. The quantitative estimate of drug-likeness (QED) is 0.180. The SMILES string of the molecule is CC(=O)OC(=O)C(C)=O.[H-].[K+]. The zero-order valence-corrected chi connectivity index (χ0v) is 9.26.